The number of nitrogens with one attached hydrogen (secondary N) is 1. The van der Waals surface area contributed by atoms with Crippen LogP contribution in [0.4, 0.5) is 10.8 Å². The zero-order valence-electron chi connectivity index (χ0n) is 8.28. The Morgan fingerprint density at radius 1 is 1.71 bits per heavy atom. The highest BCUT2D eigenvalue weighted by atomic mass is 32.1. The van der Waals surface area contributed by atoms with Gasteiger partial charge in [-0.1, -0.05) is 6.92 Å². The van der Waals surface area contributed by atoms with Gasteiger partial charge in [0.05, 0.1) is 13.7 Å². The van der Waals surface area contributed by atoms with Crippen molar-refractivity contribution >= 4 is 22.4 Å². The van der Waals surface area contributed by atoms with Crippen molar-refractivity contribution in [2.24, 2.45) is 0 Å². The van der Waals surface area contributed by atoms with Crippen molar-refractivity contribution < 1.29 is 9.84 Å². The van der Waals surface area contributed by atoms with Crippen LogP contribution >= 0.6 is 11.5 Å². The maximum absolute atomic E-state index is 9.01. The minimum absolute atomic E-state index is 0.0174. The average molecular weight is 217 g/mol. The van der Waals surface area contributed by atoms with Gasteiger partial charge in [0, 0.05) is 6.04 Å². The predicted octanol–water partition coefficient (Wildman–Crippen LogP) is 0.917. The lowest BCUT2D eigenvalue weighted by Gasteiger charge is -2.14. The van der Waals surface area contributed by atoms with Crippen molar-refractivity contribution in [1.82, 2.24) is 4.37 Å². The van der Waals surface area contributed by atoms with Gasteiger partial charge in [0.25, 0.3) is 0 Å². The lowest BCUT2D eigenvalue weighted by Crippen LogP contribution is -2.22. The molecular formula is C8H15N3O2S. The molecule has 0 radical (unpaired) electrons. The molecule has 0 aliphatic carbocycles. The van der Waals surface area contributed by atoms with Crippen molar-refractivity contribution in [2.75, 3.05) is 24.8 Å². The third-order valence-corrected chi connectivity index (χ3v) is 2.70. The lowest BCUT2D eigenvalue weighted by molar-refractivity contribution is 0.271. The van der Waals surface area contributed by atoms with Crippen molar-refractivity contribution in [3.63, 3.8) is 0 Å². The highest BCUT2D eigenvalue weighted by Gasteiger charge is 2.14. The van der Waals surface area contributed by atoms with Crippen LogP contribution in [0.2, 0.25) is 0 Å². The summed E-state index contributed by atoms with van der Waals surface area (Å²) in [6, 6.07) is 0.0174. The second kappa shape index (κ2) is 5.02. The Balaban J connectivity index is 2.74. The van der Waals surface area contributed by atoms with Crippen LogP contribution in [0.5, 0.6) is 5.75 Å². The second-order valence-corrected chi connectivity index (χ2v) is 3.64. The Kier molecular flexibility index (Phi) is 3.97. The summed E-state index contributed by atoms with van der Waals surface area (Å²) in [7, 11) is 1.55. The van der Waals surface area contributed by atoms with E-state index < -0.39 is 0 Å². The quantitative estimate of drug-likeness (QED) is 0.683. The number of nitrogens with zero attached hydrogens (tertiary/aromatic N) is 1. The number of hydrogen-bond acceptors (Lipinski definition) is 6. The number of aliphatic hydroxyl groups excluding tert-OH is 1. The monoisotopic (exact) mass is 217 g/mol. The van der Waals surface area contributed by atoms with E-state index in [0.717, 1.165) is 11.4 Å². The molecule has 1 heterocycles. The lowest BCUT2D eigenvalue weighted by atomic mass is 10.2. The van der Waals surface area contributed by atoms with E-state index in [4.69, 9.17) is 15.6 Å². The van der Waals surface area contributed by atoms with Crippen molar-refractivity contribution in [2.45, 2.75) is 19.4 Å². The van der Waals surface area contributed by atoms with Gasteiger partial charge >= 0.3 is 0 Å². The standard InChI is InChI=1S/C8H15N3O2S/c1-3-5(4-12)10-8-6(13-2)7(9)11-14-8/h5,10,12H,3-4H2,1-2H3,(H2,9,11). The molecule has 0 fully saturated rings. The molecule has 0 bridgehead atoms. The van der Waals surface area contributed by atoms with Crippen LogP contribution in [0.15, 0.2) is 0 Å². The van der Waals surface area contributed by atoms with E-state index >= 15 is 0 Å². The van der Waals surface area contributed by atoms with Crippen molar-refractivity contribution in [3.8, 4) is 5.75 Å². The number of nitrogens with two attached hydrogens (primary N) is 1. The number of anilines is 2. The largest absolute Gasteiger partial charge is 0.490 e. The number of nitrogen functional groups attached to an aromatic ring is 1. The van der Waals surface area contributed by atoms with E-state index in [-0.39, 0.29) is 12.6 Å². The average Bonchev–Trinajstić information content (AvgIpc) is 2.55. The molecule has 0 saturated carbocycles. The maximum atomic E-state index is 9.01. The summed E-state index contributed by atoms with van der Waals surface area (Å²) in [4.78, 5) is 0. The zero-order chi connectivity index (χ0) is 10.6. The van der Waals surface area contributed by atoms with Crippen LogP contribution in [0.25, 0.3) is 0 Å². The number of rotatable bonds is 5. The molecule has 4 N–H and O–H groups in total. The number of hydrogen-bond donors (Lipinski definition) is 3. The van der Waals surface area contributed by atoms with Gasteiger partial charge in [0.1, 0.15) is 0 Å². The Morgan fingerprint density at radius 3 is 2.93 bits per heavy atom. The zero-order valence-corrected chi connectivity index (χ0v) is 9.10. The molecule has 1 aromatic rings. The van der Waals surface area contributed by atoms with E-state index in [0.29, 0.717) is 11.6 Å². The van der Waals surface area contributed by atoms with E-state index in [1.54, 1.807) is 7.11 Å². The third-order valence-electron chi connectivity index (χ3n) is 1.93. The van der Waals surface area contributed by atoms with Crippen LogP contribution in [0.3, 0.4) is 0 Å². The fraction of sp³-hybridized carbons (Fsp3) is 0.625. The molecule has 0 aliphatic heterocycles. The summed E-state index contributed by atoms with van der Waals surface area (Å²) in [6.45, 7) is 2.07. The third kappa shape index (κ3) is 2.27. The van der Waals surface area contributed by atoms with E-state index in [9.17, 15) is 0 Å². The first-order chi connectivity index (χ1) is 6.72. The van der Waals surface area contributed by atoms with Gasteiger partial charge in [-0.2, -0.15) is 4.37 Å². The van der Waals surface area contributed by atoms with Crippen LogP contribution < -0.4 is 15.8 Å². The minimum Gasteiger partial charge on any atom is -0.490 e. The molecule has 80 valence electrons. The summed E-state index contributed by atoms with van der Waals surface area (Å²) >= 11 is 1.24. The summed E-state index contributed by atoms with van der Waals surface area (Å²) < 4.78 is 9.04. The minimum atomic E-state index is 0.0174. The highest BCUT2D eigenvalue weighted by Crippen LogP contribution is 2.35. The van der Waals surface area contributed by atoms with E-state index in [1.165, 1.54) is 11.5 Å². The molecule has 5 nitrogen and oxygen atoms in total. The summed E-state index contributed by atoms with van der Waals surface area (Å²) in [5.74, 6) is 0.940. The molecule has 1 unspecified atom stereocenters. The topological polar surface area (TPSA) is 80.4 Å². The van der Waals surface area contributed by atoms with Crippen LogP contribution in [-0.2, 0) is 0 Å². The van der Waals surface area contributed by atoms with E-state index in [1.807, 2.05) is 6.92 Å². The Morgan fingerprint density at radius 2 is 2.43 bits per heavy atom. The molecule has 0 spiro atoms. The fourth-order valence-corrected chi connectivity index (χ4v) is 1.81. The number of ether oxygens (including phenoxy) is 1. The normalized spacial score (nSPS) is 12.5. The van der Waals surface area contributed by atoms with Crippen molar-refractivity contribution in [3.05, 3.63) is 0 Å². The van der Waals surface area contributed by atoms with Gasteiger partial charge < -0.3 is 20.9 Å². The summed E-state index contributed by atoms with van der Waals surface area (Å²) in [5.41, 5.74) is 5.58. The van der Waals surface area contributed by atoms with Crippen LogP contribution in [0.1, 0.15) is 13.3 Å². The first kappa shape index (κ1) is 11.1. The Labute approximate surface area is 87.1 Å². The van der Waals surface area contributed by atoms with Gasteiger partial charge in [-0.05, 0) is 18.0 Å². The molecule has 14 heavy (non-hydrogen) atoms. The van der Waals surface area contributed by atoms with Crippen molar-refractivity contribution in [1.29, 1.82) is 0 Å². The smallest absolute Gasteiger partial charge is 0.197 e. The van der Waals surface area contributed by atoms with Gasteiger partial charge in [0.2, 0.25) is 0 Å². The second-order valence-electron chi connectivity index (χ2n) is 2.86. The molecule has 0 amide bonds. The van der Waals surface area contributed by atoms with Crippen LogP contribution in [0, 0.1) is 0 Å². The first-order valence-electron chi connectivity index (χ1n) is 4.39. The summed E-state index contributed by atoms with van der Waals surface area (Å²) in [5, 5.41) is 12.9. The number of aromatic nitrogens is 1. The number of methoxy groups -OCH3 is 1. The number of aliphatic hydroxyl groups is 1. The van der Waals surface area contributed by atoms with Gasteiger partial charge in [-0.3, -0.25) is 0 Å². The molecule has 1 aromatic heterocycles. The summed E-state index contributed by atoms with van der Waals surface area (Å²) in [6.07, 6.45) is 0.831. The molecule has 0 aliphatic rings. The molecule has 6 heteroatoms. The molecule has 1 atom stereocenters. The van der Waals surface area contributed by atoms with Gasteiger partial charge in [-0.15, -0.1) is 0 Å². The fourth-order valence-electron chi connectivity index (χ4n) is 1.05. The molecule has 1 rings (SSSR count). The predicted molar refractivity (Wildman–Crippen MR) is 57.9 cm³/mol. The van der Waals surface area contributed by atoms with Gasteiger partial charge in [0.15, 0.2) is 16.6 Å². The highest BCUT2D eigenvalue weighted by molar-refractivity contribution is 7.11. The Hall–Kier alpha value is -1.01. The maximum Gasteiger partial charge on any atom is 0.197 e. The van der Waals surface area contributed by atoms with Gasteiger partial charge in [-0.25, -0.2) is 0 Å². The Bertz CT molecular complexity index is 286. The molecular weight excluding hydrogens is 202 g/mol. The molecule has 0 saturated heterocycles. The molecule has 0 aromatic carbocycles. The van der Waals surface area contributed by atoms with E-state index in [2.05, 4.69) is 9.69 Å². The van der Waals surface area contributed by atoms with Crippen LogP contribution in [-0.4, -0.2) is 29.2 Å². The SMILES string of the molecule is CCC(CO)Nc1snc(N)c1OC. The first-order valence-corrected chi connectivity index (χ1v) is 5.16.